The predicted octanol–water partition coefficient (Wildman–Crippen LogP) is 1.63. The molecule has 0 aromatic carbocycles. The molecule has 0 amide bonds. The lowest BCUT2D eigenvalue weighted by molar-refractivity contribution is 0.0606. The van der Waals surface area contributed by atoms with Crippen LogP contribution in [0.25, 0.3) is 0 Å². The van der Waals surface area contributed by atoms with E-state index in [1.807, 2.05) is 0 Å². The van der Waals surface area contributed by atoms with E-state index in [9.17, 15) is 0 Å². The largest absolute Gasteiger partial charge is 0.379 e. The quantitative estimate of drug-likeness (QED) is 0.749. The minimum absolute atomic E-state index is 0.463. The minimum atomic E-state index is 0.463. The fourth-order valence-electron chi connectivity index (χ4n) is 2.49. The van der Waals surface area contributed by atoms with Crippen LogP contribution in [0.3, 0.4) is 0 Å². The van der Waals surface area contributed by atoms with Gasteiger partial charge in [0, 0.05) is 38.1 Å². The second kappa shape index (κ2) is 8.47. The molecule has 1 saturated heterocycles. The molecule has 0 aromatic heterocycles. The molecule has 104 valence electrons. The summed E-state index contributed by atoms with van der Waals surface area (Å²) in [5, 5.41) is 12.2. The van der Waals surface area contributed by atoms with E-state index in [0.717, 1.165) is 39.3 Å². The van der Waals surface area contributed by atoms with E-state index < -0.39 is 0 Å². The van der Waals surface area contributed by atoms with Gasteiger partial charge in [0.15, 0.2) is 0 Å². The molecule has 4 nitrogen and oxygen atoms in total. The first-order valence-electron chi connectivity index (χ1n) is 7.05. The maximum atomic E-state index is 8.74. The highest BCUT2D eigenvalue weighted by Gasteiger charge is 2.21. The van der Waals surface area contributed by atoms with Gasteiger partial charge in [-0.25, -0.2) is 0 Å². The molecule has 0 aromatic rings. The maximum absolute atomic E-state index is 8.74. The molecule has 1 aliphatic rings. The first-order valence-corrected chi connectivity index (χ1v) is 7.05. The summed E-state index contributed by atoms with van der Waals surface area (Å²) in [4.78, 5) is 2.43. The minimum Gasteiger partial charge on any atom is -0.379 e. The number of nitriles is 1. The summed E-state index contributed by atoms with van der Waals surface area (Å²) >= 11 is 0. The van der Waals surface area contributed by atoms with Crippen LogP contribution in [0.4, 0.5) is 0 Å². The van der Waals surface area contributed by atoms with E-state index in [1.54, 1.807) is 0 Å². The SMILES string of the molecule is CC(C)CN(CCC#N)C(C)CC1COCCN1. The molecule has 2 unspecified atom stereocenters. The Bertz CT molecular complexity index is 256. The van der Waals surface area contributed by atoms with Crippen molar-refractivity contribution in [3.8, 4) is 6.07 Å². The van der Waals surface area contributed by atoms with Crippen molar-refractivity contribution in [3.63, 3.8) is 0 Å². The van der Waals surface area contributed by atoms with E-state index in [4.69, 9.17) is 10.00 Å². The number of hydrogen-bond donors (Lipinski definition) is 1. The first-order chi connectivity index (χ1) is 8.63. The van der Waals surface area contributed by atoms with Gasteiger partial charge in [0.1, 0.15) is 0 Å². The lowest BCUT2D eigenvalue weighted by atomic mass is 10.0. The van der Waals surface area contributed by atoms with Gasteiger partial charge in [0.25, 0.3) is 0 Å². The molecule has 1 heterocycles. The number of morpholine rings is 1. The summed E-state index contributed by atoms with van der Waals surface area (Å²) in [6.07, 6.45) is 1.71. The summed E-state index contributed by atoms with van der Waals surface area (Å²) in [7, 11) is 0. The van der Waals surface area contributed by atoms with E-state index in [-0.39, 0.29) is 0 Å². The molecular formula is C14H27N3O. The molecule has 1 N–H and O–H groups in total. The van der Waals surface area contributed by atoms with Crippen LogP contribution in [0.2, 0.25) is 0 Å². The van der Waals surface area contributed by atoms with Gasteiger partial charge in [-0.05, 0) is 19.3 Å². The molecule has 2 atom stereocenters. The van der Waals surface area contributed by atoms with Crippen molar-refractivity contribution in [2.45, 2.75) is 45.7 Å². The van der Waals surface area contributed by atoms with Crippen LogP contribution in [0, 0.1) is 17.2 Å². The van der Waals surface area contributed by atoms with Crippen molar-refractivity contribution in [2.24, 2.45) is 5.92 Å². The van der Waals surface area contributed by atoms with Crippen molar-refractivity contribution in [2.75, 3.05) is 32.8 Å². The Kier molecular flexibility index (Phi) is 7.26. The number of nitrogens with zero attached hydrogens (tertiary/aromatic N) is 2. The van der Waals surface area contributed by atoms with Gasteiger partial charge in [0.05, 0.1) is 19.3 Å². The Morgan fingerprint density at radius 2 is 2.22 bits per heavy atom. The van der Waals surface area contributed by atoms with E-state index in [0.29, 0.717) is 24.4 Å². The van der Waals surface area contributed by atoms with E-state index in [2.05, 4.69) is 37.1 Å². The zero-order chi connectivity index (χ0) is 13.4. The van der Waals surface area contributed by atoms with Crippen LogP contribution >= 0.6 is 0 Å². The Morgan fingerprint density at radius 3 is 2.78 bits per heavy atom. The number of nitrogens with one attached hydrogen (secondary N) is 1. The maximum Gasteiger partial charge on any atom is 0.0635 e. The average Bonchev–Trinajstić information content (AvgIpc) is 2.35. The molecule has 0 aliphatic carbocycles. The Balaban J connectivity index is 2.41. The van der Waals surface area contributed by atoms with Crippen molar-refractivity contribution >= 4 is 0 Å². The van der Waals surface area contributed by atoms with Gasteiger partial charge in [0.2, 0.25) is 0 Å². The highest BCUT2D eigenvalue weighted by Crippen LogP contribution is 2.12. The van der Waals surface area contributed by atoms with Gasteiger partial charge < -0.3 is 10.1 Å². The Morgan fingerprint density at radius 1 is 1.44 bits per heavy atom. The zero-order valence-corrected chi connectivity index (χ0v) is 12.0. The van der Waals surface area contributed by atoms with Crippen molar-refractivity contribution in [1.82, 2.24) is 10.2 Å². The van der Waals surface area contributed by atoms with Crippen molar-refractivity contribution in [3.05, 3.63) is 0 Å². The van der Waals surface area contributed by atoms with Crippen LogP contribution in [-0.2, 0) is 4.74 Å². The second-order valence-electron chi connectivity index (χ2n) is 5.61. The fraction of sp³-hybridized carbons (Fsp3) is 0.929. The third-order valence-corrected chi connectivity index (χ3v) is 3.36. The lowest BCUT2D eigenvalue weighted by Crippen LogP contribution is -2.46. The van der Waals surface area contributed by atoms with Gasteiger partial charge >= 0.3 is 0 Å². The number of rotatable bonds is 7. The van der Waals surface area contributed by atoms with Crippen molar-refractivity contribution < 1.29 is 4.74 Å². The van der Waals surface area contributed by atoms with Crippen LogP contribution < -0.4 is 5.32 Å². The number of ether oxygens (including phenoxy) is 1. The van der Waals surface area contributed by atoms with Crippen LogP contribution in [0.1, 0.15) is 33.6 Å². The molecule has 0 bridgehead atoms. The lowest BCUT2D eigenvalue weighted by Gasteiger charge is -2.34. The molecule has 18 heavy (non-hydrogen) atoms. The monoisotopic (exact) mass is 253 g/mol. The highest BCUT2D eigenvalue weighted by atomic mass is 16.5. The molecule has 1 fully saturated rings. The van der Waals surface area contributed by atoms with E-state index in [1.165, 1.54) is 0 Å². The average molecular weight is 253 g/mol. The highest BCUT2D eigenvalue weighted by molar-refractivity contribution is 4.80. The van der Waals surface area contributed by atoms with E-state index >= 15 is 0 Å². The Labute approximate surface area is 111 Å². The smallest absolute Gasteiger partial charge is 0.0635 e. The fourth-order valence-corrected chi connectivity index (χ4v) is 2.49. The van der Waals surface area contributed by atoms with Gasteiger partial charge in [-0.2, -0.15) is 5.26 Å². The second-order valence-corrected chi connectivity index (χ2v) is 5.61. The summed E-state index contributed by atoms with van der Waals surface area (Å²) in [5.41, 5.74) is 0. The summed E-state index contributed by atoms with van der Waals surface area (Å²) in [6, 6.07) is 3.21. The predicted molar refractivity (Wildman–Crippen MR) is 73.3 cm³/mol. The third kappa shape index (κ3) is 5.81. The molecular weight excluding hydrogens is 226 g/mol. The molecule has 4 heteroatoms. The molecule has 1 aliphatic heterocycles. The van der Waals surface area contributed by atoms with Crippen molar-refractivity contribution in [1.29, 1.82) is 5.26 Å². The molecule has 0 saturated carbocycles. The molecule has 0 spiro atoms. The van der Waals surface area contributed by atoms with Crippen LogP contribution in [0.5, 0.6) is 0 Å². The topological polar surface area (TPSA) is 48.3 Å². The summed E-state index contributed by atoms with van der Waals surface area (Å²) < 4.78 is 5.49. The summed E-state index contributed by atoms with van der Waals surface area (Å²) in [5.74, 6) is 0.640. The Hall–Kier alpha value is -0.630. The standard InChI is InChI=1S/C14H27N3O/c1-12(2)10-17(7-4-5-15)13(3)9-14-11-18-8-6-16-14/h12-14,16H,4,6-11H2,1-3H3. The first kappa shape index (κ1) is 15.4. The van der Waals surface area contributed by atoms with Crippen LogP contribution in [0.15, 0.2) is 0 Å². The third-order valence-electron chi connectivity index (χ3n) is 3.36. The van der Waals surface area contributed by atoms with Gasteiger partial charge in [-0.1, -0.05) is 13.8 Å². The normalized spacial score (nSPS) is 22.1. The number of hydrogen-bond acceptors (Lipinski definition) is 4. The molecule has 0 radical (unpaired) electrons. The molecule has 1 rings (SSSR count). The van der Waals surface area contributed by atoms with Gasteiger partial charge in [-0.15, -0.1) is 0 Å². The van der Waals surface area contributed by atoms with Crippen LogP contribution in [-0.4, -0.2) is 49.8 Å². The summed E-state index contributed by atoms with van der Waals surface area (Å²) in [6.45, 7) is 11.3. The van der Waals surface area contributed by atoms with Gasteiger partial charge in [-0.3, -0.25) is 4.90 Å². The zero-order valence-electron chi connectivity index (χ0n) is 12.0.